The third-order valence-corrected chi connectivity index (χ3v) is 5.56. The smallest absolute Gasteiger partial charge is 0.228 e. The van der Waals surface area contributed by atoms with E-state index in [4.69, 9.17) is 0 Å². The molecule has 2 atom stereocenters. The molecule has 24 heavy (non-hydrogen) atoms. The van der Waals surface area contributed by atoms with Gasteiger partial charge in [-0.1, -0.05) is 6.07 Å². The first kappa shape index (κ1) is 17.0. The SMILES string of the molecule is Cc1nc(CC(=O)N(C)C[C@@H]2CCN(C)[C@H]2c2cccnc2)cs1. The number of likely N-dealkylation sites (tertiary alicyclic amines) is 1. The Bertz CT molecular complexity index is 687. The number of hydrogen-bond donors (Lipinski definition) is 0. The Morgan fingerprint density at radius 1 is 1.50 bits per heavy atom. The summed E-state index contributed by atoms with van der Waals surface area (Å²) in [7, 11) is 4.05. The largest absolute Gasteiger partial charge is 0.345 e. The van der Waals surface area contributed by atoms with Crippen LogP contribution in [0, 0.1) is 12.8 Å². The van der Waals surface area contributed by atoms with Crippen LogP contribution in [0.5, 0.6) is 0 Å². The number of nitrogens with zero attached hydrogens (tertiary/aromatic N) is 4. The van der Waals surface area contributed by atoms with Gasteiger partial charge in [-0.15, -0.1) is 11.3 Å². The maximum atomic E-state index is 12.5. The van der Waals surface area contributed by atoms with Crippen molar-refractivity contribution in [3.8, 4) is 0 Å². The van der Waals surface area contributed by atoms with Crippen LogP contribution in [0.1, 0.15) is 28.7 Å². The second-order valence-corrected chi connectivity index (χ2v) is 7.63. The summed E-state index contributed by atoms with van der Waals surface area (Å²) in [6, 6.07) is 4.44. The van der Waals surface area contributed by atoms with E-state index in [0.29, 0.717) is 18.4 Å². The highest BCUT2D eigenvalue weighted by molar-refractivity contribution is 7.09. The molecule has 0 unspecified atom stereocenters. The molecule has 1 aliphatic heterocycles. The highest BCUT2D eigenvalue weighted by Crippen LogP contribution is 2.36. The number of carbonyl (C=O) groups is 1. The second-order valence-electron chi connectivity index (χ2n) is 6.57. The molecule has 2 aromatic rings. The van der Waals surface area contributed by atoms with Crippen LogP contribution >= 0.6 is 11.3 Å². The average Bonchev–Trinajstić information content (AvgIpc) is 3.14. The van der Waals surface area contributed by atoms with Crippen molar-refractivity contribution in [1.29, 1.82) is 0 Å². The lowest BCUT2D eigenvalue weighted by Gasteiger charge is -2.28. The Morgan fingerprint density at radius 2 is 2.33 bits per heavy atom. The van der Waals surface area contributed by atoms with Crippen LogP contribution in [0.4, 0.5) is 0 Å². The van der Waals surface area contributed by atoms with Crippen molar-refractivity contribution >= 4 is 17.2 Å². The maximum absolute atomic E-state index is 12.5. The highest BCUT2D eigenvalue weighted by Gasteiger charge is 2.34. The molecular weight excluding hydrogens is 320 g/mol. The molecule has 0 saturated carbocycles. The van der Waals surface area contributed by atoms with Crippen molar-refractivity contribution in [2.75, 3.05) is 27.2 Å². The van der Waals surface area contributed by atoms with Gasteiger partial charge in [0.2, 0.25) is 5.91 Å². The van der Waals surface area contributed by atoms with Crippen molar-refractivity contribution in [3.63, 3.8) is 0 Å². The molecule has 1 amide bonds. The second kappa shape index (κ2) is 7.40. The lowest BCUT2D eigenvalue weighted by molar-refractivity contribution is -0.129. The number of likely N-dealkylation sites (N-methyl/N-ethyl adjacent to an activating group) is 1. The van der Waals surface area contributed by atoms with Gasteiger partial charge in [-0.2, -0.15) is 0 Å². The van der Waals surface area contributed by atoms with E-state index in [1.54, 1.807) is 17.5 Å². The van der Waals surface area contributed by atoms with E-state index >= 15 is 0 Å². The van der Waals surface area contributed by atoms with Crippen LogP contribution in [0.25, 0.3) is 0 Å². The van der Waals surface area contributed by atoms with E-state index in [0.717, 1.165) is 30.2 Å². The van der Waals surface area contributed by atoms with E-state index in [1.165, 1.54) is 5.56 Å². The predicted octanol–water partition coefficient (Wildman–Crippen LogP) is 2.54. The maximum Gasteiger partial charge on any atom is 0.228 e. The van der Waals surface area contributed by atoms with Crippen LogP contribution in [-0.4, -0.2) is 52.9 Å². The first-order valence-electron chi connectivity index (χ1n) is 8.29. The zero-order valence-electron chi connectivity index (χ0n) is 14.5. The fourth-order valence-corrected chi connectivity index (χ4v) is 4.14. The average molecular weight is 344 g/mol. The van der Waals surface area contributed by atoms with Gasteiger partial charge in [-0.25, -0.2) is 4.98 Å². The lowest BCUT2D eigenvalue weighted by atomic mass is 9.94. The fraction of sp³-hybridized carbons (Fsp3) is 0.500. The summed E-state index contributed by atoms with van der Waals surface area (Å²) in [6.07, 6.45) is 5.24. The molecule has 0 radical (unpaired) electrons. The molecule has 0 aromatic carbocycles. The lowest BCUT2D eigenvalue weighted by Crippen LogP contribution is -2.35. The molecule has 3 heterocycles. The number of aryl methyl sites for hydroxylation is 1. The Morgan fingerprint density at radius 3 is 3.00 bits per heavy atom. The first-order chi connectivity index (χ1) is 11.5. The molecular formula is C18H24N4OS. The quantitative estimate of drug-likeness (QED) is 0.836. The van der Waals surface area contributed by atoms with Gasteiger partial charge in [0.15, 0.2) is 0 Å². The minimum atomic E-state index is 0.139. The summed E-state index contributed by atoms with van der Waals surface area (Å²) >= 11 is 1.59. The summed E-state index contributed by atoms with van der Waals surface area (Å²) in [5, 5.41) is 2.98. The Kier molecular flexibility index (Phi) is 5.26. The fourth-order valence-electron chi connectivity index (χ4n) is 3.53. The van der Waals surface area contributed by atoms with E-state index in [2.05, 4.69) is 28.0 Å². The molecule has 5 nitrogen and oxygen atoms in total. The topological polar surface area (TPSA) is 49.3 Å². The van der Waals surface area contributed by atoms with E-state index < -0.39 is 0 Å². The van der Waals surface area contributed by atoms with Gasteiger partial charge in [-0.05, 0) is 44.5 Å². The highest BCUT2D eigenvalue weighted by atomic mass is 32.1. The summed E-state index contributed by atoms with van der Waals surface area (Å²) in [6.45, 7) is 3.79. The van der Waals surface area contributed by atoms with Crippen LogP contribution in [0.3, 0.4) is 0 Å². The number of thiazole rings is 1. The van der Waals surface area contributed by atoms with Crippen LogP contribution < -0.4 is 0 Å². The third kappa shape index (κ3) is 3.82. The Hall–Kier alpha value is -1.79. The van der Waals surface area contributed by atoms with Gasteiger partial charge >= 0.3 is 0 Å². The molecule has 2 aromatic heterocycles. The molecule has 0 bridgehead atoms. The molecule has 1 fully saturated rings. The number of aromatic nitrogens is 2. The third-order valence-electron chi connectivity index (χ3n) is 4.73. The molecule has 6 heteroatoms. The zero-order chi connectivity index (χ0) is 17.1. The summed E-state index contributed by atoms with van der Waals surface area (Å²) in [5.41, 5.74) is 2.11. The molecule has 0 spiro atoms. The van der Waals surface area contributed by atoms with E-state index in [-0.39, 0.29) is 5.91 Å². The summed E-state index contributed by atoms with van der Waals surface area (Å²) in [4.78, 5) is 25.4. The standard InChI is InChI=1S/C18H24N4OS/c1-13-20-16(12-24-13)9-17(23)22(3)11-15-6-8-21(2)18(15)14-5-4-7-19-10-14/h4-5,7,10,12,15,18H,6,8-9,11H2,1-3H3/t15-,18-/m0/s1. The van der Waals surface area contributed by atoms with Gasteiger partial charge in [0.25, 0.3) is 0 Å². The van der Waals surface area contributed by atoms with Gasteiger partial charge in [0.05, 0.1) is 17.1 Å². The van der Waals surface area contributed by atoms with Crippen molar-refractivity contribution in [2.24, 2.45) is 5.92 Å². The number of hydrogen-bond acceptors (Lipinski definition) is 5. The van der Waals surface area contributed by atoms with Crippen LogP contribution in [0.15, 0.2) is 29.9 Å². The normalized spacial score (nSPS) is 21.1. The number of pyridine rings is 1. The minimum Gasteiger partial charge on any atom is -0.345 e. The predicted molar refractivity (Wildman–Crippen MR) is 95.9 cm³/mol. The van der Waals surface area contributed by atoms with Gasteiger partial charge in [0.1, 0.15) is 0 Å². The van der Waals surface area contributed by atoms with Gasteiger partial charge < -0.3 is 4.90 Å². The summed E-state index contributed by atoms with van der Waals surface area (Å²) < 4.78 is 0. The Balaban J connectivity index is 1.64. The minimum absolute atomic E-state index is 0.139. The molecule has 0 aliphatic carbocycles. The number of rotatable bonds is 5. The van der Waals surface area contributed by atoms with Crippen molar-refractivity contribution in [3.05, 3.63) is 46.2 Å². The van der Waals surface area contributed by atoms with Crippen molar-refractivity contribution in [2.45, 2.75) is 25.8 Å². The van der Waals surface area contributed by atoms with Crippen molar-refractivity contribution < 1.29 is 4.79 Å². The molecule has 1 saturated heterocycles. The molecule has 0 N–H and O–H groups in total. The first-order valence-corrected chi connectivity index (χ1v) is 9.17. The number of amides is 1. The van der Waals surface area contributed by atoms with E-state index in [1.807, 2.05) is 36.5 Å². The summed E-state index contributed by atoms with van der Waals surface area (Å²) in [5.74, 6) is 0.574. The molecule has 128 valence electrons. The van der Waals surface area contributed by atoms with Crippen molar-refractivity contribution in [1.82, 2.24) is 19.8 Å². The van der Waals surface area contributed by atoms with Crippen LogP contribution in [0.2, 0.25) is 0 Å². The Labute approximate surface area is 147 Å². The van der Waals surface area contributed by atoms with E-state index in [9.17, 15) is 4.79 Å². The van der Waals surface area contributed by atoms with Gasteiger partial charge in [0, 0.05) is 37.4 Å². The monoisotopic (exact) mass is 344 g/mol. The number of carbonyl (C=O) groups excluding carboxylic acids is 1. The molecule has 1 aliphatic rings. The van der Waals surface area contributed by atoms with Gasteiger partial charge in [-0.3, -0.25) is 14.7 Å². The molecule has 3 rings (SSSR count). The van der Waals surface area contributed by atoms with Crippen LogP contribution in [-0.2, 0) is 11.2 Å². The zero-order valence-corrected chi connectivity index (χ0v) is 15.3.